The number of amides is 1. The van der Waals surface area contributed by atoms with Gasteiger partial charge in [0.2, 0.25) is 10.0 Å². The molecule has 1 aliphatic carbocycles. The number of ketones is 1. The molecule has 0 bridgehead atoms. The van der Waals surface area contributed by atoms with E-state index in [9.17, 15) is 27.9 Å². The van der Waals surface area contributed by atoms with Crippen molar-refractivity contribution in [2.75, 3.05) is 7.11 Å². The summed E-state index contributed by atoms with van der Waals surface area (Å²) in [6.45, 7) is -0.104. The van der Waals surface area contributed by atoms with Gasteiger partial charge in [-0.1, -0.05) is 60.7 Å². The van der Waals surface area contributed by atoms with Gasteiger partial charge in [0.1, 0.15) is 5.75 Å². The normalized spacial score (nSPS) is 12.8. The molecule has 5 rings (SSSR count). The molecule has 0 unspecified atom stereocenters. The summed E-state index contributed by atoms with van der Waals surface area (Å²) in [6, 6.07) is 22.5. The lowest BCUT2D eigenvalue weighted by molar-refractivity contribution is -0.139. The third-order valence-electron chi connectivity index (χ3n) is 6.64. The lowest BCUT2D eigenvalue weighted by atomic mass is 9.98. The molecule has 0 saturated carbocycles. The lowest BCUT2D eigenvalue weighted by Crippen LogP contribution is -2.34. The van der Waals surface area contributed by atoms with Crippen LogP contribution in [0, 0.1) is 0 Å². The van der Waals surface area contributed by atoms with Crippen molar-refractivity contribution in [3.63, 3.8) is 0 Å². The smallest absolute Gasteiger partial charge is 0.330 e. The molecule has 1 atom stereocenters. The number of aliphatic carboxylic acids is 1. The van der Waals surface area contributed by atoms with Gasteiger partial charge in [-0.3, -0.25) is 9.59 Å². The van der Waals surface area contributed by atoms with Gasteiger partial charge in [0, 0.05) is 28.8 Å². The Balaban J connectivity index is 1.37. The first-order valence-electron chi connectivity index (χ1n) is 12.2. The predicted octanol–water partition coefficient (Wildman–Crippen LogP) is 3.94. The summed E-state index contributed by atoms with van der Waals surface area (Å²) in [6.07, 6.45) is 0. The second kappa shape index (κ2) is 10.8. The fourth-order valence-electron chi connectivity index (χ4n) is 4.66. The summed E-state index contributed by atoms with van der Waals surface area (Å²) >= 11 is 0. The average Bonchev–Trinajstić information content (AvgIpc) is 3.26. The van der Waals surface area contributed by atoms with Crippen LogP contribution < -0.4 is 14.8 Å². The highest BCUT2D eigenvalue weighted by Gasteiger charge is 2.31. The third-order valence-corrected chi connectivity index (χ3v) is 8.05. The number of ether oxygens (including phenoxy) is 1. The molecule has 40 heavy (non-hydrogen) atoms. The van der Waals surface area contributed by atoms with Crippen LogP contribution in [0.1, 0.15) is 43.4 Å². The zero-order valence-corrected chi connectivity index (χ0v) is 22.1. The number of hydrogen-bond acceptors (Lipinski definition) is 6. The van der Waals surface area contributed by atoms with Crippen molar-refractivity contribution in [1.29, 1.82) is 0 Å². The largest absolute Gasteiger partial charge is 0.497 e. The average molecular weight is 557 g/mol. The summed E-state index contributed by atoms with van der Waals surface area (Å²) < 4.78 is 33.0. The Labute approximate surface area is 230 Å². The molecule has 0 aliphatic heterocycles. The first-order valence-corrected chi connectivity index (χ1v) is 13.7. The highest BCUT2D eigenvalue weighted by molar-refractivity contribution is 7.89. The Morgan fingerprint density at radius 3 is 2.25 bits per heavy atom. The van der Waals surface area contributed by atoms with Crippen molar-refractivity contribution < 1.29 is 32.6 Å². The summed E-state index contributed by atoms with van der Waals surface area (Å²) in [4.78, 5) is 38.5. The van der Waals surface area contributed by atoms with Crippen molar-refractivity contribution in [1.82, 2.24) is 10.0 Å². The zero-order chi connectivity index (χ0) is 28.4. The standard InChI is InChI=1S/C30H24N2O7S/c1-39-20-12-14-21(15-13-20)40(37,38)31-17-18-6-4-7-19(16-18)27(30(35)36)32-29(34)25-11-5-10-24-26(25)22-8-2-3-9-23(22)28(24)33/h2-16,27,31H,17H2,1H3,(H,32,34)(H,35,36)/t27-/m1/s1. The molecular formula is C30H24N2O7S. The highest BCUT2D eigenvalue weighted by Crippen LogP contribution is 2.39. The first-order chi connectivity index (χ1) is 19.2. The third kappa shape index (κ3) is 5.09. The molecule has 0 spiro atoms. The van der Waals surface area contributed by atoms with E-state index in [2.05, 4.69) is 10.0 Å². The Kier molecular flexibility index (Phi) is 7.20. The van der Waals surface area contributed by atoms with Crippen molar-refractivity contribution in [3.05, 3.63) is 119 Å². The van der Waals surface area contributed by atoms with Gasteiger partial charge in [-0.05, 0) is 47.0 Å². The van der Waals surface area contributed by atoms with Crippen LogP contribution in [0.15, 0.2) is 95.9 Å². The van der Waals surface area contributed by atoms with Crippen molar-refractivity contribution in [3.8, 4) is 16.9 Å². The van der Waals surface area contributed by atoms with Crippen LogP contribution in [0.3, 0.4) is 0 Å². The molecule has 3 N–H and O–H groups in total. The minimum Gasteiger partial charge on any atom is -0.497 e. The van der Waals surface area contributed by atoms with Gasteiger partial charge < -0.3 is 15.2 Å². The van der Waals surface area contributed by atoms with Crippen LogP contribution in [0.5, 0.6) is 5.75 Å². The minimum atomic E-state index is -3.84. The summed E-state index contributed by atoms with van der Waals surface area (Å²) in [7, 11) is -2.36. The van der Waals surface area contributed by atoms with E-state index in [1.54, 1.807) is 54.6 Å². The van der Waals surface area contributed by atoms with E-state index in [1.165, 1.54) is 43.5 Å². The zero-order valence-electron chi connectivity index (χ0n) is 21.2. The quantitative estimate of drug-likeness (QED) is 0.250. The highest BCUT2D eigenvalue weighted by atomic mass is 32.2. The Morgan fingerprint density at radius 1 is 0.875 bits per heavy atom. The SMILES string of the molecule is COc1ccc(S(=O)(=O)NCc2cccc([C@@H](NC(=O)c3cccc4c3-c3ccccc3C4=O)C(=O)O)c2)cc1. The fraction of sp³-hybridized carbons (Fsp3) is 0.100. The van der Waals surface area contributed by atoms with Crippen LogP contribution in [-0.2, 0) is 21.4 Å². The van der Waals surface area contributed by atoms with Gasteiger partial charge in [-0.15, -0.1) is 0 Å². The number of carboxylic acids is 1. The number of benzene rings is 4. The van der Waals surface area contributed by atoms with Crippen LogP contribution >= 0.6 is 0 Å². The summed E-state index contributed by atoms with van der Waals surface area (Å²) in [5, 5.41) is 12.5. The van der Waals surface area contributed by atoms with E-state index in [0.717, 1.165) is 0 Å². The topological polar surface area (TPSA) is 139 Å². The summed E-state index contributed by atoms with van der Waals surface area (Å²) in [5.74, 6) is -1.63. The van der Waals surface area contributed by atoms with Crippen molar-refractivity contribution >= 4 is 27.7 Å². The maximum atomic E-state index is 13.4. The second-order valence-corrected chi connectivity index (χ2v) is 10.9. The Morgan fingerprint density at radius 2 is 1.55 bits per heavy atom. The lowest BCUT2D eigenvalue weighted by Gasteiger charge is -2.17. The number of carboxylic acid groups (broad SMARTS) is 1. The molecule has 1 aliphatic rings. The van der Waals surface area contributed by atoms with E-state index in [4.69, 9.17) is 4.74 Å². The van der Waals surface area contributed by atoms with Gasteiger partial charge >= 0.3 is 5.97 Å². The van der Waals surface area contributed by atoms with Crippen LogP contribution in [0.4, 0.5) is 0 Å². The Bertz CT molecular complexity index is 1750. The van der Waals surface area contributed by atoms with Crippen LogP contribution in [0.25, 0.3) is 11.1 Å². The maximum Gasteiger partial charge on any atom is 0.330 e. The molecule has 0 aromatic heterocycles. The van der Waals surface area contributed by atoms with Crippen molar-refractivity contribution in [2.45, 2.75) is 17.5 Å². The first kappa shape index (κ1) is 26.8. The van der Waals surface area contributed by atoms with Gasteiger partial charge in [-0.25, -0.2) is 17.9 Å². The predicted molar refractivity (Wildman–Crippen MR) is 147 cm³/mol. The molecule has 0 fully saturated rings. The number of carbonyl (C=O) groups is 3. The van der Waals surface area contributed by atoms with E-state index >= 15 is 0 Å². The van der Waals surface area contributed by atoms with E-state index in [0.29, 0.717) is 33.6 Å². The van der Waals surface area contributed by atoms with Gasteiger partial charge in [0.05, 0.1) is 12.0 Å². The van der Waals surface area contributed by atoms with Gasteiger partial charge in [0.25, 0.3) is 5.91 Å². The van der Waals surface area contributed by atoms with Crippen LogP contribution in [-0.4, -0.2) is 38.3 Å². The van der Waals surface area contributed by atoms with E-state index in [1.807, 2.05) is 0 Å². The van der Waals surface area contributed by atoms with Crippen LogP contribution in [0.2, 0.25) is 0 Å². The molecule has 0 heterocycles. The van der Waals surface area contributed by atoms with Gasteiger partial charge in [0.15, 0.2) is 11.8 Å². The van der Waals surface area contributed by atoms with Gasteiger partial charge in [-0.2, -0.15) is 0 Å². The Hall–Kier alpha value is -4.80. The summed E-state index contributed by atoms with van der Waals surface area (Å²) in [5.41, 5.74) is 2.88. The fourth-order valence-corrected chi connectivity index (χ4v) is 5.68. The molecule has 0 saturated heterocycles. The number of fused-ring (bicyclic) bond motifs is 3. The molecule has 10 heteroatoms. The van der Waals surface area contributed by atoms with Crippen molar-refractivity contribution in [2.24, 2.45) is 0 Å². The number of rotatable bonds is 9. The van der Waals surface area contributed by atoms with E-state index < -0.39 is 27.9 Å². The molecular weight excluding hydrogens is 532 g/mol. The number of carbonyl (C=O) groups excluding carboxylic acids is 2. The molecule has 1 amide bonds. The number of methoxy groups -OCH3 is 1. The number of nitrogens with one attached hydrogen (secondary N) is 2. The number of hydrogen-bond donors (Lipinski definition) is 3. The monoisotopic (exact) mass is 556 g/mol. The molecule has 4 aromatic rings. The van der Waals surface area contributed by atoms with E-state index in [-0.39, 0.29) is 28.4 Å². The molecule has 0 radical (unpaired) electrons. The maximum absolute atomic E-state index is 13.4. The molecule has 4 aromatic carbocycles. The number of sulfonamides is 1. The minimum absolute atomic E-state index is 0.0515. The molecule has 9 nitrogen and oxygen atoms in total. The second-order valence-electron chi connectivity index (χ2n) is 9.09. The molecule has 202 valence electrons.